The third kappa shape index (κ3) is 1.80. The molecule has 4 heteroatoms. The Hall–Kier alpha value is -0.960. The molecule has 0 aliphatic rings. The highest BCUT2D eigenvalue weighted by Crippen LogP contribution is 2.21. The molecule has 64 valence electrons. The van der Waals surface area contributed by atoms with Crippen LogP contribution in [-0.4, -0.2) is 6.29 Å². The first kappa shape index (κ1) is 9.13. The zero-order valence-electron chi connectivity index (χ0n) is 5.93. The van der Waals surface area contributed by atoms with E-state index in [1.807, 2.05) is 0 Å². The molecule has 0 aliphatic carbocycles. The standard InChI is InChI=1S/C8H5ClF2O/c9-6-3-5(8(11)4-12)1-2-7(6)10/h1-4,8H. The van der Waals surface area contributed by atoms with Gasteiger partial charge in [-0.1, -0.05) is 17.7 Å². The summed E-state index contributed by atoms with van der Waals surface area (Å²) in [5, 5.41) is -0.183. The predicted octanol–water partition coefficient (Wildman–Crippen LogP) is 2.69. The zero-order valence-corrected chi connectivity index (χ0v) is 6.68. The number of alkyl halides is 1. The van der Waals surface area contributed by atoms with Gasteiger partial charge in [0.15, 0.2) is 12.5 Å². The lowest BCUT2D eigenvalue weighted by atomic mass is 10.1. The lowest BCUT2D eigenvalue weighted by Crippen LogP contribution is -1.92. The molecule has 0 radical (unpaired) electrons. The second kappa shape index (κ2) is 3.63. The molecule has 12 heavy (non-hydrogen) atoms. The first-order chi connectivity index (χ1) is 5.65. The summed E-state index contributed by atoms with van der Waals surface area (Å²) in [6.45, 7) is 0. The van der Waals surface area contributed by atoms with Gasteiger partial charge in [-0.2, -0.15) is 0 Å². The van der Waals surface area contributed by atoms with E-state index in [1.165, 1.54) is 6.07 Å². The van der Waals surface area contributed by atoms with Crippen molar-refractivity contribution in [1.82, 2.24) is 0 Å². The van der Waals surface area contributed by atoms with Crippen molar-refractivity contribution in [3.63, 3.8) is 0 Å². The van der Waals surface area contributed by atoms with Crippen molar-refractivity contribution in [3.8, 4) is 0 Å². The summed E-state index contributed by atoms with van der Waals surface area (Å²) in [5.41, 5.74) is 0.0661. The zero-order chi connectivity index (χ0) is 9.14. The van der Waals surface area contributed by atoms with E-state index < -0.39 is 12.0 Å². The Bertz CT molecular complexity index is 301. The highest BCUT2D eigenvalue weighted by molar-refractivity contribution is 6.30. The third-order valence-electron chi connectivity index (χ3n) is 1.38. The molecular weight excluding hydrogens is 186 g/mol. The van der Waals surface area contributed by atoms with Crippen LogP contribution in [0.1, 0.15) is 11.7 Å². The lowest BCUT2D eigenvalue weighted by Gasteiger charge is -2.01. The van der Waals surface area contributed by atoms with Crippen LogP contribution in [0.4, 0.5) is 8.78 Å². The van der Waals surface area contributed by atoms with Crippen molar-refractivity contribution in [2.75, 3.05) is 0 Å². The van der Waals surface area contributed by atoms with E-state index in [-0.39, 0.29) is 16.9 Å². The molecule has 0 aliphatic heterocycles. The van der Waals surface area contributed by atoms with Crippen LogP contribution in [0.5, 0.6) is 0 Å². The molecule has 0 spiro atoms. The fourth-order valence-corrected chi connectivity index (χ4v) is 0.951. The van der Waals surface area contributed by atoms with Gasteiger partial charge in [0, 0.05) is 0 Å². The number of benzene rings is 1. The van der Waals surface area contributed by atoms with Crippen molar-refractivity contribution in [2.24, 2.45) is 0 Å². The third-order valence-corrected chi connectivity index (χ3v) is 1.67. The molecule has 1 atom stereocenters. The van der Waals surface area contributed by atoms with Crippen molar-refractivity contribution in [1.29, 1.82) is 0 Å². The van der Waals surface area contributed by atoms with Crippen LogP contribution >= 0.6 is 11.6 Å². The maximum absolute atomic E-state index is 12.6. The quantitative estimate of drug-likeness (QED) is 0.656. The first-order valence-corrected chi connectivity index (χ1v) is 3.57. The molecule has 1 aromatic carbocycles. The van der Waals surface area contributed by atoms with Gasteiger partial charge >= 0.3 is 0 Å². The van der Waals surface area contributed by atoms with Crippen molar-refractivity contribution in [3.05, 3.63) is 34.6 Å². The molecule has 0 saturated heterocycles. The number of hydrogen-bond acceptors (Lipinski definition) is 1. The molecule has 1 unspecified atom stereocenters. The number of rotatable bonds is 2. The topological polar surface area (TPSA) is 17.1 Å². The van der Waals surface area contributed by atoms with E-state index in [0.717, 1.165) is 12.1 Å². The van der Waals surface area contributed by atoms with Gasteiger partial charge in [-0.25, -0.2) is 8.78 Å². The van der Waals surface area contributed by atoms with Crippen LogP contribution in [0.2, 0.25) is 5.02 Å². The average molecular weight is 191 g/mol. The first-order valence-electron chi connectivity index (χ1n) is 3.19. The summed E-state index contributed by atoms with van der Waals surface area (Å²) in [6, 6.07) is 3.30. The average Bonchev–Trinajstić information content (AvgIpc) is 2.08. The van der Waals surface area contributed by atoms with E-state index in [4.69, 9.17) is 11.6 Å². The highest BCUT2D eigenvalue weighted by Gasteiger charge is 2.09. The summed E-state index contributed by atoms with van der Waals surface area (Å²) < 4.78 is 25.2. The second-order valence-corrected chi connectivity index (χ2v) is 2.62. The predicted molar refractivity (Wildman–Crippen MR) is 41.3 cm³/mol. The Morgan fingerprint density at radius 2 is 2.17 bits per heavy atom. The number of halogens is 3. The van der Waals surface area contributed by atoms with Gasteiger partial charge in [-0.15, -0.1) is 0 Å². The van der Waals surface area contributed by atoms with Crippen LogP contribution < -0.4 is 0 Å². The van der Waals surface area contributed by atoms with Gasteiger partial charge in [0.1, 0.15) is 5.82 Å². The van der Waals surface area contributed by atoms with Crippen molar-refractivity contribution >= 4 is 17.9 Å². The SMILES string of the molecule is O=CC(F)c1ccc(F)c(Cl)c1. The van der Waals surface area contributed by atoms with Gasteiger partial charge in [0.05, 0.1) is 5.02 Å². The van der Waals surface area contributed by atoms with E-state index in [9.17, 15) is 13.6 Å². The molecule has 1 nitrogen and oxygen atoms in total. The lowest BCUT2D eigenvalue weighted by molar-refractivity contribution is -0.112. The Morgan fingerprint density at radius 3 is 2.67 bits per heavy atom. The van der Waals surface area contributed by atoms with Crippen molar-refractivity contribution in [2.45, 2.75) is 6.17 Å². The highest BCUT2D eigenvalue weighted by atomic mass is 35.5. The summed E-state index contributed by atoms with van der Waals surface area (Å²) in [5.74, 6) is -0.626. The maximum atomic E-state index is 12.6. The Kier molecular flexibility index (Phi) is 2.76. The van der Waals surface area contributed by atoms with Gasteiger partial charge in [-0.3, -0.25) is 4.79 Å². The van der Waals surface area contributed by atoms with E-state index >= 15 is 0 Å². The van der Waals surface area contributed by atoms with Crippen LogP contribution in [0.25, 0.3) is 0 Å². The monoisotopic (exact) mass is 190 g/mol. The fraction of sp³-hybridized carbons (Fsp3) is 0.125. The maximum Gasteiger partial charge on any atom is 0.180 e. The molecule has 0 fully saturated rings. The minimum absolute atomic E-state index is 0.0661. The largest absolute Gasteiger partial charge is 0.300 e. The van der Waals surface area contributed by atoms with Gasteiger partial charge in [-0.05, 0) is 17.7 Å². The molecule has 1 rings (SSSR count). The Morgan fingerprint density at radius 1 is 1.50 bits per heavy atom. The van der Waals surface area contributed by atoms with Gasteiger partial charge in [0.2, 0.25) is 0 Å². The molecule has 0 heterocycles. The molecule has 1 aromatic rings. The summed E-state index contributed by atoms with van der Waals surface area (Å²) in [6.07, 6.45) is -1.60. The molecular formula is C8H5ClF2O. The van der Waals surface area contributed by atoms with Crippen LogP contribution in [0.15, 0.2) is 18.2 Å². The van der Waals surface area contributed by atoms with E-state index in [0.29, 0.717) is 0 Å². The van der Waals surface area contributed by atoms with Crippen LogP contribution in [0.3, 0.4) is 0 Å². The summed E-state index contributed by atoms with van der Waals surface area (Å²) in [4.78, 5) is 9.99. The smallest absolute Gasteiger partial charge is 0.180 e. The molecule has 0 amide bonds. The second-order valence-electron chi connectivity index (χ2n) is 2.21. The van der Waals surface area contributed by atoms with Crippen molar-refractivity contribution < 1.29 is 13.6 Å². The van der Waals surface area contributed by atoms with Gasteiger partial charge in [0.25, 0.3) is 0 Å². The fourth-order valence-electron chi connectivity index (χ4n) is 0.762. The van der Waals surface area contributed by atoms with Gasteiger partial charge < -0.3 is 0 Å². The summed E-state index contributed by atoms with van der Waals surface area (Å²) >= 11 is 5.36. The Labute approximate surface area is 73.0 Å². The normalized spacial score (nSPS) is 12.6. The summed E-state index contributed by atoms with van der Waals surface area (Å²) in [7, 11) is 0. The molecule has 0 aromatic heterocycles. The van der Waals surface area contributed by atoms with E-state index in [1.54, 1.807) is 0 Å². The van der Waals surface area contributed by atoms with Crippen LogP contribution in [-0.2, 0) is 4.79 Å². The number of aldehydes is 1. The molecule has 0 N–H and O–H groups in total. The van der Waals surface area contributed by atoms with Crippen LogP contribution in [0, 0.1) is 5.82 Å². The van der Waals surface area contributed by atoms with E-state index in [2.05, 4.69) is 0 Å². The minimum Gasteiger partial charge on any atom is -0.300 e. The number of carbonyl (C=O) groups is 1. The number of hydrogen-bond donors (Lipinski definition) is 0. The molecule has 0 bridgehead atoms. The Balaban J connectivity index is 3.04. The number of carbonyl (C=O) groups excluding carboxylic acids is 1. The minimum atomic E-state index is -1.73. The molecule has 0 saturated carbocycles.